The quantitative estimate of drug-likeness (QED) is 0.0106. The van der Waals surface area contributed by atoms with Crippen LogP contribution in [0, 0.1) is 21.7 Å². The first kappa shape index (κ1) is 52.7. The number of esters is 3. The minimum Gasteiger partial charge on any atom is -0.464 e. The van der Waals surface area contributed by atoms with E-state index in [1.807, 2.05) is 22.6 Å². The third-order valence-corrected chi connectivity index (χ3v) is 8.11. The molecular formula is C36H66IN7O12. The summed E-state index contributed by atoms with van der Waals surface area (Å²) in [5.74, 6) is -3.00. The monoisotopic (exact) mass is 915 g/mol. The Morgan fingerprint density at radius 2 is 1.14 bits per heavy atom. The van der Waals surface area contributed by atoms with Gasteiger partial charge >= 0.3 is 17.9 Å². The van der Waals surface area contributed by atoms with Crippen molar-refractivity contribution in [1.82, 2.24) is 21.3 Å². The van der Waals surface area contributed by atoms with E-state index in [1.54, 1.807) is 41.5 Å². The van der Waals surface area contributed by atoms with E-state index >= 15 is 0 Å². The molecule has 0 aliphatic heterocycles. The molecule has 0 aromatic rings. The van der Waals surface area contributed by atoms with Crippen LogP contribution < -0.4 is 32.7 Å². The van der Waals surface area contributed by atoms with Crippen molar-refractivity contribution in [2.45, 2.75) is 86.2 Å². The second-order valence-electron chi connectivity index (χ2n) is 15.9. The van der Waals surface area contributed by atoms with Gasteiger partial charge in [-0.3, -0.25) is 34.2 Å². The minimum atomic E-state index is -1.36. The SMILES string of the molecule is CC(C)(C)C(=O)OCC(COCC(=O)NCCOCCOCCNC(=O)[C@H](CCCCNC(=N)N)NC(=O)CI)(COC(=O)C(C)(C)C)COC(=O)C(C)(C)N. The Hall–Kier alpha value is -3.34. The zero-order valence-electron chi connectivity index (χ0n) is 34.3. The summed E-state index contributed by atoms with van der Waals surface area (Å²) in [4.78, 5) is 75.0. The van der Waals surface area contributed by atoms with Crippen molar-refractivity contribution < 1.29 is 57.2 Å². The molecule has 0 saturated heterocycles. The Labute approximate surface area is 344 Å². The molecule has 0 fully saturated rings. The lowest BCUT2D eigenvalue weighted by Gasteiger charge is -2.34. The van der Waals surface area contributed by atoms with Gasteiger partial charge in [-0.15, -0.1) is 0 Å². The number of rotatable bonds is 28. The predicted molar refractivity (Wildman–Crippen MR) is 216 cm³/mol. The fraction of sp³-hybridized carbons (Fsp3) is 0.806. The zero-order valence-corrected chi connectivity index (χ0v) is 36.5. The van der Waals surface area contributed by atoms with Crippen LogP contribution in [0.1, 0.15) is 74.7 Å². The van der Waals surface area contributed by atoms with E-state index in [2.05, 4.69) is 21.3 Å². The van der Waals surface area contributed by atoms with Crippen LogP contribution in [0.5, 0.6) is 0 Å². The third kappa shape index (κ3) is 25.0. The average Bonchev–Trinajstić information content (AvgIpc) is 3.09. The number of carbonyl (C=O) groups excluding carboxylic acids is 6. The molecule has 1 atom stereocenters. The molecule has 0 aromatic heterocycles. The number of halogens is 1. The number of alkyl halides is 1. The summed E-state index contributed by atoms with van der Waals surface area (Å²) < 4.78 is 33.5. The van der Waals surface area contributed by atoms with Crippen molar-refractivity contribution in [2.24, 2.45) is 27.7 Å². The number of hydrogen-bond donors (Lipinski definition) is 7. The number of unbranched alkanes of at least 4 members (excludes halogenated alkanes) is 1. The lowest BCUT2D eigenvalue weighted by Crippen LogP contribution is -2.49. The molecule has 0 bridgehead atoms. The van der Waals surface area contributed by atoms with Gasteiger partial charge in [0, 0.05) is 19.6 Å². The van der Waals surface area contributed by atoms with Gasteiger partial charge in [-0.05, 0) is 74.7 Å². The summed E-state index contributed by atoms with van der Waals surface area (Å²) in [6.45, 7) is 12.9. The molecule has 324 valence electrons. The van der Waals surface area contributed by atoms with Gasteiger partial charge in [0.2, 0.25) is 17.7 Å². The van der Waals surface area contributed by atoms with Crippen molar-refractivity contribution in [3.63, 3.8) is 0 Å². The Kier molecular flexibility index (Phi) is 25.0. The summed E-state index contributed by atoms with van der Waals surface area (Å²) >= 11 is 1.92. The van der Waals surface area contributed by atoms with Gasteiger partial charge in [0.05, 0.1) is 53.7 Å². The lowest BCUT2D eigenvalue weighted by molar-refractivity contribution is -0.176. The minimum absolute atomic E-state index is 0.124. The fourth-order valence-corrected chi connectivity index (χ4v) is 4.31. The molecule has 0 aliphatic carbocycles. The molecule has 0 saturated carbocycles. The molecule has 0 radical (unpaired) electrons. The van der Waals surface area contributed by atoms with Crippen LogP contribution >= 0.6 is 22.6 Å². The molecule has 56 heavy (non-hydrogen) atoms. The highest BCUT2D eigenvalue weighted by molar-refractivity contribution is 14.1. The summed E-state index contributed by atoms with van der Waals surface area (Å²) in [7, 11) is 0. The van der Waals surface area contributed by atoms with Crippen LogP contribution in [0.25, 0.3) is 0 Å². The van der Waals surface area contributed by atoms with Gasteiger partial charge in [-0.2, -0.15) is 0 Å². The van der Waals surface area contributed by atoms with Gasteiger partial charge in [-0.25, -0.2) is 0 Å². The molecule has 19 nitrogen and oxygen atoms in total. The van der Waals surface area contributed by atoms with Crippen LogP contribution in [0.3, 0.4) is 0 Å². The summed E-state index contributed by atoms with van der Waals surface area (Å²) in [5, 5.41) is 18.0. The van der Waals surface area contributed by atoms with Crippen LogP contribution in [0.4, 0.5) is 0 Å². The van der Waals surface area contributed by atoms with Crippen molar-refractivity contribution in [2.75, 3.05) is 83.5 Å². The number of ether oxygens (including phenoxy) is 6. The number of amides is 3. The van der Waals surface area contributed by atoms with Gasteiger partial charge < -0.3 is 61.2 Å². The maximum absolute atomic E-state index is 12.7. The molecule has 3 amide bonds. The van der Waals surface area contributed by atoms with E-state index < -0.39 is 58.2 Å². The van der Waals surface area contributed by atoms with E-state index in [0.717, 1.165) is 0 Å². The van der Waals surface area contributed by atoms with E-state index in [-0.39, 0.29) is 88.1 Å². The predicted octanol–water partition coefficient (Wildman–Crippen LogP) is 0.287. The first-order chi connectivity index (χ1) is 25.9. The van der Waals surface area contributed by atoms with Crippen molar-refractivity contribution in [1.29, 1.82) is 5.41 Å². The highest BCUT2D eigenvalue weighted by atomic mass is 127. The van der Waals surface area contributed by atoms with Gasteiger partial charge in [-0.1, -0.05) is 22.6 Å². The van der Waals surface area contributed by atoms with E-state index in [0.29, 0.717) is 25.8 Å². The smallest absolute Gasteiger partial charge is 0.325 e. The molecule has 9 N–H and O–H groups in total. The second-order valence-corrected chi connectivity index (χ2v) is 16.7. The molecule has 0 spiro atoms. The lowest BCUT2D eigenvalue weighted by atomic mass is 9.90. The summed E-state index contributed by atoms with van der Waals surface area (Å²) in [5.41, 5.74) is 6.75. The number of carbonyl (C=O) groups is 6. The normalized spacial score (nSPS) is 12.5. The zero-order chi connectivity index (χ0) is 43.0. The number of nitrogens with two attached hydrogens (primary N) is 2. The van der Waals surface area contributed by atoms with Crippen molar-refractivity contribution in [3.05, 3.63) is 0 Å². The first-order valence-corrected chi connectivity index (χ1v) is 20.0. The van der Waals surface area contributed by atoms with Crippen LogP contribution in [0.15, 0.2) is 0 Å². The Balaban J connectivity index is 4.87. The van der Waals surface area contributed by atoms with Crippen LogP contribution in [-0.4, -0.2) is 137 Å². The Bertz CT molecular complexity index is 1190. The van der Waals surface area contributed by atoms with Gasteiger partial charge in [0.25, 0.3) is 0 Å². The molecule has 0 aromatic carbocycles. The maximum atomic E-state index is 12.7. The molecular weight excluding hydrogens is 849 g/mol. The molecule has 20 heteroatoms. The van der Waals surface area contributed by atoms with Crippen LogP contribution in [-0.2, 0) is 57.2 Å². The molecule has 0 unspecified atom stereocenters. The van der Waals surface area contributed by atoms with Crippen molar-refractivity contribution in [3.8, 4) is 0 Å². The van der Waals surface area contributed by atoms with Crippen molar-refractivity contribution >= 4 is 64.2 Å². The second kappa shape index (κ2) is 26.6. The standard InChI is InChI=1S/C36H66IN7O12/c1-33(2,3)29(48)54-22-36(23-55-30(49)34(4,5)6,24-56-31(50)35(7,8)40)21-53-20-27(46)41-13-15-51-17-18-52-16-14-42-28(47)25(44-26(45)19-37)11-9-10-12-43-32(38)39/h25H,9-24,40H2,1-8H3,(H,41,46)(H,42,47)(H,44,45)(H4,38,39,43)/t25-/m0/s1. The van der Waals surface area contributed by atoms with E-state index in [9.17, 15) is 28.8 Å². The number of nitrogens with one attached hydrogen (secondary N) is 5. The number of guanidine groups is 1. The Morgan fingerprint density at radius 1 is 0.643 bits per heavy atom. The summed E-state index contributed by atoms with van der Waals surface area (Å²) in [6.07, 6.45) is 1.75. The largest absolute Gasteiger partial charge is 0.464 e. The molecule has 0 aliphatic rings. The first-order valence-electron chi connectivity index (χ1n) is 18.4. The third-order valence-electron chi connectivity index (χ3n) is 7.41. The van der Waals surface area contributed by atoms with Gasteiger partial charge in [0.1, 0.15) is 38.0 Å². The van der Waals surface area contributed by atoms with Crippen LogP contribution in [0.2, 0.25) is 0 Å². The average molecular weight is 916 g/mol. The Morgan fingerprint density at radius 3 is 1.61 bits per heavy atom. The van der Waals surface area contributed by atoms with E-state index in [1.165, 1.54) is 13.8 Å². The highest BCUT2D eigenvalue weighted by Crippen LogP contribution is 2.26. The highest BCUT2D eigenvalue weighted by Gasteiger charge is 2.40. The van der Waals surface area contributed by atoms with E-state index in [4.69, 9.17) is 45.3 Å². The fourth-order valence-electron chi connectivity index (χ4n) is 4.09. The maximum Gasteiger partial charge on any atom is 0.325 e. The number of hydrogen-bond acceptors (Lipinski definition) is 14. The molecule has 0 heterocycles. The molecule has 0 rings (SSSR count). The van der Waals surface area contributed by atoms with Gasteiger partial charge in [0.15, 0.2) is 5.96 Å². The topological polar surface area (TPSA) is 282 Å². The summed E-state index contributed by atoms with van der Waals surface area (Å²) in [6, 6.07) is -0.689.